The summed E-state index contributed by atoms with van der Waals surface area (Å²) in [6.45, 7) is 1.74. The standard InChI is InChI=1S/C16H13ClN2O/c1-10(18)15-13-8-7-11(17)9-14(13)19(16(15)20)12-5-3-2-4-6-12/h2-9H,18H2,1H3. The number of anilines is 2. The van der Waals surface area contributed by atoms with Crippen LogP contribution in [0.2, 0.25) is 5.02 Å². The van der Waals surface area contributed by atoms with Gasteiger partial charge in [-0.2, -0.15) is 0 Å². The normalized spacial score (nSPS) is 16.3. The number of para-hydroxylation sites is 1. The molecule has 0 bridgehead atoms. The molecule has 4 heteroatoms. The molecular formula is C16H13ClN2O. The van der Waals surface area contributed by atoms with Gasteiger partial charge >= 0.3 is 0 Å². The molecular weight excluding hydrogens is 272 g/mol. The number of amides is 1. The molecule has 3 nitrogen and oxygen atoms in total. The molecule has 1 heterocycles. The molecule has 0 aliphatic carbocycles. The van der Waals surface area contributed by atoms with Gasteiger partial charge in [0.1, 0.15) is 0 Å². The first-order valence-electron chi connectivity index (χ1n) is 6.25. The molecule has 0 saturated carbocycles. The maximum Gasteiger partial charge on any atom is 0.265 e. The number of allylic oxidation sites excluding steroid dienone is 1. The Hall–Kier alpha value is -2.26. The molecule has 0 radical (unpaired) electrons. The minimum Gasteiger partial charge on any atom is -0.402 e. The predicted octanol–water partition coefficient (Wildman–Crippen LogP) is 3.71. The predicted molar refractivity (Wildman–Crippen MR) is 81.8 cm³/mol. The highest BCUT2D eigenvalue weighted by atomic mass is 35.5. The van der Waals surface area contributed by atoms with Gasteiger partial charge in [0.2, 0.25) is 0 Å². The Labute approximate surface area is 122 Å². The third-order valence-corrected chi connectivity index (χ3v) is 3.53. The van der Waals surface area contributed by atoms with Crippen LogP contribution in [0.25, 0.3) is 5.57 Å². The first kappa shape index (κ1) is 12.8. The number of hydrogen-bond acceptors (Lipinski definition) is 2. The van der Waals surface area contributed by atoms with Gasteiger partial charge in [-0.3, -0.25) is 9.69 Å². The van der Waals surface area contributed by atoms with Crippen molar-refractivity contribution in [2.75, 3.05) is 4.90 Å². The van der Waals surface area contributed by atoms with Crippen molar-refractivity contribution in [2.45, 2.75) is 6.92 Å². The maximum atomic E-state index is 12.7. The molecule has 2 N–H and O–H groups in total. The summed E-state index contributed by atoms with van der Waals surface area (Å²) in [5.41, 5.74) is 9.33. The zero-order valence-electron chi connectivity index (χ0n) is 10.9. The van der Waals surface area contributed by atoms with E-state index in [9.17, 15) is 4.79 Å². The number of hydrogen-bond donors (Lipinski definition) is 1. The van der Waals surface area contributed by atoms with Gasteiger partial charge in [-0.15, -0.1) is 0 Å². The third-order valence-electron chi connectivity index (χ3n) is 3.30. The second-order valence-electron chi connectivity index (χ2n) is 4.70. The van der Waals surface area contributed by atoms with Crippen LogP contribution >= 0.6 is 11.6 Å². The summed E-state index contributed by atoms with van der Waals surface area (Å²) in [6.07, 6.45) is 0. The van der Waals surface area contributed by atoms with E-state index in [2.05, 4.69) is 0 Å². The van der Waals surface area contributed by atoms with Crippen LogP contribution in [0.15, 0.2) is 54.2 Å². The van der Waals surface area contributed by atoms with E-state index < -0.39 is 0 Å². The Morgan fingerprint density at radius 2 is 1.85 bits per heavy atom. The molecule has 0 unspecified atom stereocenters. The van der Waals surface area contributed by atoms with E-state index >= 15 is 0 Å². The van der Waals surface area contributed by atoms with Crippen LogP contribution in [0, 0.1) is 0 Å². The maximum absolute atomic E-state index is 12.7. The first-order valence-corrected chi connectivity index (χ1v) is 6.63. The molecule has 20 heavy (non-hydrogen) atoms. The molecule has 0 spiro atoms. The minimum absolute atomic E-state index is 0.117. The van der Waals surface area contributed by atoms with Gasteiger partial charge in [-0.05, 0) is 31.2 Å². The SMILES string of the molecule is CC(N)=C1C(=O)N(c2ccccc2)c2cc(Cl)ccc21. The van der Waals surface area contributed by atoms with Crippen molar-refractivity contribution >= 4 is 34.5 Å². The zero-order valence-corrected chi connectivity index (χ0v) is 11.7. The van der Waals surface area contributed by atoms with Crippen molar-refractivity contribution < 1.29 is 4.79 Å². The number of nitrogens with zero attached hydrogens (tertiary/aromatic N) is 1. The highest BCUT2D eigenvalue weighted by Crippen LogP contribution is 2.43. The Kier molecular flexibility index (Phi) is 2.99. The minimum atomic E-state index is -0.117. The Balaban J connectivity index is 2.27. The van der Waals surface area contributed by atoms with Gasteiger partial charge in [0, 0.05) is 22.0 Å². The summed E-state index contributed by atoms with van der Waals surface area (Å²) in [4.78, 5) is 14.3. The fourth-order valence-corrected chi connectivity index (χ4v) is 2.62. The van der Waals surface area contributed by atoms with Gasteiger partial charge in [0.25, 0.3) is 5.91 Å². The highest BCUT2D eigenvalue weighted by Gasteiger charge is 2.34. The molecule has 0 atom stereocenters. The first-order chi connectivity index (χ1) is 9.59. The molecule has 2 aromatic rings. The second-order valence-corrected chi connectivity index (χ2v) is 5.13. The van der Waals surface area contributed by atoms with Gasteiger partial charge in [-0.1, -0.05) is 35.9 Å². The van der Waals surface area contributed by atoms with Crippen LogP contribution in [0.1, 0.15) is 12.5 Å². The molecule has 2 aromatic carbocycles. The summed E-state index contributed by atoms with van der Waals surface area (Å²) < 4.78 is 0. The largest absolute Gasteiger partial charge is 0.402 e. The van der Waals surface area contributed by atoms with Crippen LogP contribution in [0.4, 0.5) is 11.4 Å². The summed E-state index contributed by atoms with van der Waals surface area (Å²) >= 11 is 6.07. The lowest BCUT2D eigenvalue weighted by Gasteiger charge is -2.17. The van der Waals surface area contributed by atoms with Crippen molar-refractivity contribution in [2.24, 2.45) is 5.73 Å². The van der Waals surface area contributed by atoms with Gasteiger partial charge < -0.3 is 5.73 Å². The summed E-state index contributed by atoms with van der Waals surface area (Å²) in [5, 5.41) is 0.591. The van der Waals surface area contributed by atoms with Crippen molar-refractivity contribution in [3.63, 3.8) is 0 Å². The topological polar surface area (TPSA) is 46.3 Å². The zero-order chi connectivity index (χ0) is 14.3. The van der Waals surface area contributed by atoms with E-state index in [0.717, 1.165) is 16.9 Å². The number of nitrogens with two attached hydrogens (primary N) is 1. The summed E-state index contributed by atoms with van der Waals surface area (Å²) in [5.74, 6) is -0.117. The molecule has 1 aliphatic rings. The molecule has 0 fully saturated rings. The Bertz CT molecular complexity index is 719. The number of halogens is 1. The van der Waals surface area contributed by atoms with Crippen molar-refractivity contribution in [3.8, 4) is 0 Å². The second kappa shape index (κ2) is 4.69. The third kappa shape index (κ3) is 1.87. The lowest BCUT2D eigenvalue weighted by Crippen LogP contribution is -2.21. The molecule has 1 aliphatic heterocycles. The van der Waals surface area contributed by atoms with Gasteiger partial charge in [0.05, 0.1) is 11.3 Å². The molecule has 0 saturated heterocycles. The fourth-order valence-electron chi connectivity index (χ4n) is 2.45. The van der Waals surface area contributed by atoms with Crippen molar-refractivity contribution in [1.82, 2.24) is 0 Å². The smallest absolute Gasteiger partial charge is 0.265 e. The van der Waals surface area contributed by atoms with E-state index in [1.54, 1.807) is 24.0 Å². The quantitative estimate of drug-likeness (QED) is 0.812. The van der Waals surface area contributed by atoms with Crippen LogP contribution in [0.3, 0.4) is 0 Å². The van der Waals surface area contributed by atoms with E-state index in [0.29, 0.717) is 16.3 Å². The van der Waals surface area contributed by atoms with E-state index in [4.69, 9.17) is 17.3 Å². The van der Waals surface area contributed by atoms with Gasteiger partial charge in [0.15, 0.2) is 0 Å². The molecule has 1 amide bonds. The lowest BCUT2D eigenvalue weighted by molar-refractivity contribution is -0.112. The number of benzene rings is 2. The van der Waals surface area contributed by atoms with Crippen LogP contribution in [0.5, 0.6) is 0 Å². The monoisotopic (exact) mass is 284 g/mol. The Morgan fingerprint density at radius 1 is 1.15 bits per heavy atom. The average Bonchev–Trinajstić information content (AvgIpc) is 2.71. The van der Waals surface area contributed by atoms with Crippen LogP contribution in [-0.2, 0) is 4.79 Å². The number of rotatable bonds is 1. The highest BCUT2D eigenvalue weighted by molar-refractivity contribution is 6.37. The van der Waals surface area contributed by atoms with Crippen molar-refractivity contribution in [1.29, 1.82) is 0 Å². The summed E-state index contributed by atoms with van der Waals surface area (Å²) in [6, 6.07) is 14.9. The van der Waals surface area contributed by atoms with E-state index in [1.165, 1.54) is 0 Å². The molecule has 3 rings (SSSR count). The number of carbonyl (C=O) groups is 1. The van der Waals surface area contributed by atoms with Crippen LogP contribution in [-0.4, -0.2) is 5.91 Å². The summed E-state index contributed by atoms with van der Waals surface area (Å²) in [7, 11) is 0. The fraction of sp³-hybridized carbons (Fsp3) is 0.0625. The van der Waals surface area contributed by atoms with E-state index in [-0.39, 0.29) is 5.91 Å². The number of carbonyl (C=O) groups excluding carboxylic acids is 1. The lowest BCUT2D eigenvalue weighted by atomic mass is 10.1. The Morgan fingerprint density at radius 3 is 2.50 bits per heavy atom. The van der Waals surface area contributed by atoms with Gasteiger partial charge in [-0.25, -0.2) is 0 Å². The molecule has 0 aromatic heterocycles. The van der Waals surface area contributed by atoms with E-state index in [1.807, 2.05) is 36.4 Å². The average molecular weight is 285 g/mol. The molecule has 100 valence electrons. The van der Waals surface area contributed by atoms with Crippen molar-refractivity contribution in [3.05, 3.63) is 64.8 Å². The van der Waals surface area contributed by atoms with Crippen LogP contribution < -0.4 is 10.6 Å². The number of fused-ring (bicyclic) bond motifs is 1.